The Morgan fingerprint density at radius 2 is 1.49 bits per heavy atom. The number of halogens is 1. The minimum absolute atomic E-state index is 0.0155. The number of benzene rings is 4. The number of carbonyl (C=O) groups is 3. The molecule has 0 fully saturated rings. The van der Waals surface area contributed by atoms with Gasteiger partial charge in [-0.3, -0.25) is 23.9 Å². The molecule has 12 heteroatoms. The molecule has 6 rings (SSSR count). The standard InChI is InChI=1S/C39H32BrN5O5S/c1-25-36(39(49)45(44(25)2)30-11-7-4-8-12-30)43-35(46)24-51-32-20-17-29(18-21-32)41-38(48)33(42-37(47)27-9-5-3-6-10-27)23-31-19-22-34(50-31)26-13-15-28(40)16-14-26/h3-23H,24H2,1-2H3,(H,41,48)(H,42,47)(H,43,46)/b33-23-. The predicted octanol–water partition coefficient (Wildman–Crippen LogP) is 7.65. The summed E-state index contributed by atoms with van der Waals surface area (Å²) in [5.41, 5.74) is 2.95. The third-order valence-electron chi connectivity index (χ3n) is 7.87. The zero-order valence-corrected chi connectivity index (χ0v) is 30.0. The van der Waals surface area contributed by atoms with Crippen LogP contribution in [0.15, 0.2) is 146 Å². The van der Waals surface area contributed by atoms with Gasteiger partial charge in [-0.1, -0.05) is 64.5 Å². The van der Waals surface area contributed by atoms with Gasteiger partial charge in [0.2, 0.25) is 5.91 Å². The number of hydrogen-bond acceptors (Lipinski definition) is 6. The number of carbonyl (C=O) groups excluding carboxylic acids is 3. The summed E-state index contributed by atoms with van der Waals surface area (Å²) in [6.07, 6.45) is 1.48. The Morgan fingerprint density at radius 3 is 2.18 bits per heavy atom. The Labute approximate surface area is 306 Å². The van der Waals surface area contributed by atoms with Crippen LogP contribution in [0, 0.1) is 6.92 Å². The van der Waals surface area contributed by atoms with Gasteiger partial charge in [0.1, 0.15) is 22.9 Å². The first-order valence-electron chi connectivity index (χ1n) is 15.8. The molecule has 0 spiro atoms. The molecule has 10 nitrogen and oxygen atoms in total. The highest BCUT2D eigenvalue weighted by Gasteiger charge is 2.19. The number of hydrogen-bond donors (Lipinski definition) is 3. The van der Waals surface area contributed by atoms with Crippen LogP contribution in [0.25, 0.3) is 23.1 Å². The van der Waals surface area contributed by atoms with E-state index >= 15 is 0 Å². The molecule has 2 heterocycles. The highest BCUT2D eigenvalue weighted by molar-refractivity contribution is 9.10. The Morgan fingerprint density at radius 1 is 0.824 bits per heavy atom. The molecular formula is C39H32BrN5O5S. The van der Waals surface area contributed by atoms with Gasteiger partial charge in [-0.05, 0) is 79.7 Å². The summed E-state index contributed by atoms with van der Waals surface area (Å²) in [6.45, 7) is 1.78. The highest BCUT2D eigenvalue weighted by atomic mass is 79.9. The second-order valence-electron chi connectivity index (χ2n) is 11.3. The normalized spacial score (nSPS) is 11.2. The number of nitrogens with zero attached hydrogens (tertiary/aromatic N) is 2. The van der Waals surface area contributed by atoms with E-state index in [1.54, 1.807) is 85.4 Å². The summed E-state index contributed by atoms with van der Waals surface area (Å²) in [6, 6.07) is 35.9. The number of amides is 3. The van der Waals surface area contributed by atoms with Crippen LogP contribution in [-0.2, 0) is 16.6 Å². The molecule has 6 aromatic rings. The topological polar surface area (TPSA) is 127 Å². The number of aromatic nitrogens is 2. The van der Waals surface area contributed by atoms with E-state index in [1.165, 1.54) is 22.5 Å². The quantitative estimate of drug-likeness (QED) is 0.0920. The maximum absolute atomic E-state index is 13.5. The first-order valence-corrected chi connectivity index (χ1v) is 17.6. The average molecular weight is 763 g/mol. The summed E-state index contributed by atoms with van der Waals surface area (Å²) >= 11 is 4.72. The molecule has 0 aliphatic heterocycles. The predicted molar refractivity (Wildman–Crippen MR) is 204 cm³/mol. The molecule has 0 atom stereocenters. The minimum atomic E-state index is -0.556. The minimum Gasteiger partial charge on any atom is -0.457 e. The molecule has 0 unspecified atom stereocenters. The van der Waals surface area contributed by atoms with Crippen molar-refractivity contribution in [2.24, 2.45) is 7.05 Å². The Bertz CT molecular complexity index is 2280. The van der Waals surface area contributed by atoms with E-state index in [4.69, 9.17) is 4.42 Å². The van der Waals surface area contributed by atoms with Crippen molar-refractivity contribution in [2.75, 3.05) is 16.4 Å². The van der Waals surface area contributed by atoms with E-state index < -0.39 is 11.8 Å². The molecule has 0 aliphatic carbocycles. The smallest absolute Gasteiger partial charge is 0.295 e. The van der Waals surface area contributed by atoms with Gasteiger partial charge in [-0.15, -0.1) is 11.8 Å². The molecule has 0 aliphatic rings. The molecule has 51 heavy (non-hydrogen) atoms. The number of thioether (sulfide) groups is 1. The van der Waals surface area contributed by atoms with Crippen molar-refractivity contribution in [1.82, 2.24) is 14.7 Å². The number of nitrogens with one attached hydrogen (secondary N) is 3. The van der Waals surface area contributed by atoms with Gasteiger partial charge in [0.05, 0.1) is 17.1 Å². The maximum atomic E-state index is 13.5. The summed E-state index contributed by atoms with van der Waals surface area (Å²) in [4.78, 5) is 53.4. The van der Waals surface area contributed by atoms with Crippen LogP contribution in [0.4, 0.5) is 11.4 Å². The fourth-order valence-corrected chi connectivity index (χ4v) is 6.12. The second kappa shape index (κ2) is 15.8. The third kappa shape index (κ3) is 8.48. The van der Waals surface area contributed by atoms with Crippen molar-refractivity contribution in [2.45, 2.75) is 11.8 Å². The number of anilines is 2. The van der Waals surface area contributed by atoms with Crippen LogP contribution >= 0.6 is 27.7 Å². The molecule has 2 aromatic heterocycles. The number of para-hydroxylation sites is 1. The molecule has 3 amide bonds. The molecule has 0 bridgehead atoms. The third-order valence-corrected chi connectivity index (χ3v) is 9.41. The van der Waals surface area contributed by atoms with E-state index in [2.05, 4.69) is 31.9 Å². The molecular weight excluding hydrogens is 730 g/mol. The van der Waals surface area contributed by atoms with Gasteiger partial charge in [-0.25, -0.2) is 4.68 Å². The molecule has 0 saturated carbocycles. The van der Waals surface area contributed by atoms with Crippen molar-refractivity contribution in [3.05, 3.63) is 159 Å². The SMILES string of the molecule is Cc1c(NC(=O)CSc2ccc(NC(=O)/C(=C/c3ccc(-c4ccc(Br)cc4)o3)NC(=O)c3ccccc3)cc2)c(=O)n(-c2ccccc2)n1C. The van der Waals surface area contributed by atoms with Crippen LogP contribution in [0.2, 0.25) is 0 Å². The summed E-state index contributed by atoms with van der Waals surface area (Å²) < 4.78 is 10.1. The van der Waals surface area contributed by atoms with Gasteiger partial charge < -0.3 is 20.4 Å². The lowest BCUT2D eigenvalue weighted by atomic mass is 10.2. The number of rotatable bonds is 11. The van der Waals surface area contributed by atoms with Crippen molar-refractivity contribution >= 4 is 62.9 Å². The summed E-state index contributed by atoms with van der Waals surface area (Å²) in [5, 5.41) is 8.31. The lowest BCUT2D eigenvalue weighted by Crippen LogP contribution is -2.30. The number of furan rings is 1. The van der Waals surface area contributed by atoms with Crippen LogP contribution < -0.4 is 21.5 Å². The summed E-state index contributed by atoms with van der Waals surface area (Å²) in [5.74, 6) is -0.289. The Balaban J connectivity index is 1.12. The van der Waals surface area contributed by atoms with E-state index in [0.29, 0.717) is 34.2 Å². The zero-order chi connectivity index (χ0) is 35.9. The van der Waals surface area contributed by atoms with Crippen molar-refractivity contribution in [1.29, 1.82) is 0 Å². The monoisotopic (exact) mass is 761 g/mol. The van der Waals surface area contributed by atoms with Gasteiger partial charge >= 0.3 is 0 Å². The zero-order valence-electron chi connectivity index (χ0n) is 27.6. The van der Waals surface area contributed by atoms with Gasteiger partial charge in [0, 0.05) is 39.3 Å². The van der Waals surface area contributed by atoms with Gasteiger partial charge in [0.25, 0.3) is 17.4 Å². The molecule has 4 aromatic carbocycles. The fourth-order valence-electron chi connectivity index (χ4n) is 5.15. The van der Waals surface area contributed by atoms with Crippen molar-refractivity contribution in [3.63, 3.8) is 0 Å². The van der Waals surface area contributed by atoms with E-state index in [1.807, 2.05) is 54.6 Å². The van der Waals surface area contributed by atoms with Gasteiger partial charge in [-0.2, -0.15) is 0 Å². The fraction of sp³-hybridized carbons (Fsp3) is 0.0769. The van der Waals surface area contributed by atoms with E-state index in [0.717, 1.165) is 14.9 Å². The van der Waals surface area contributed by atoms with Gasteiger partial charge in [0.15, 0.2) is 0 Å². The van der Waals surface area contributed by atoms with Crippen LogP contribution in [-0.4, -0.2) is 32.8 Å². The lowest BCUT2D eigenvalue weighted by Gasteiger charge is -2.11. The maximum Gasteiger partial charge on any atom is 0.295 e. The average Bonchev–Trinajstić information content (AvgIpc) is 3.70. The molecule has 3 N–H and O–H groups in total. The first-order chi connectivity index (χ1) is 24.7. The van der Waals surface area contributed by atoms with Crippen molar-refractivity contribution < 1.29 is 18.8 Å². The molecule has 256 valence electrons. The summed E-state index contributed by atoms with van der Waals surface area (Å²) in [7, 11) is 1.77. The Kier molecular flexibility index (Phi) is 10.8. The van der Waals surface area contributed by atoms with Crippen LogP contribution in [0.3, 0.4) is 0 Å². The van der Waals surface area contributed by atoms with Crippen molar-refractivity contribution in [3.8, 4) is 17.0 Å². The highest BCUT2D eigenvalue weighted by Crippen LogP contribution is 2.26. The first kappa shape index (κ1) is 35.0. The Hall–Kier alpha value is -5.85. The lowest BCUT2D eigenvalue weighted by molar-refractivity contribution is -0.114. The van der Waals surface area contributed by atoms with Crippen LogP contribution in [0.5, 0.6) is 0 Å². The molecule has 0 radical (unpaired) electrons. The largest absolute Gasteiger partial charge is 0.457 e. The van der Waals surface area contributed by atoms with E-state index in [9.17, 15) is 19.2 Å². The van der Waals surface area contributed by atoms with E-state index in [-0.39, 0.29) is 28.6 Å². The second-order valence-corrected chi connectivity index (χ2v) is 13.3. The molecule has 0 saturated heterocycles. The van der Waals surface area contributed by atoms with Crippen LogP contribution in [0.1, 0.15) is 21.8 Å².